The summed E-state index contributed by atoms with van der Waals surface area (Å²) >= 11 is 0. The minimum Gasteiger partial charge on any atom is -0.367 e. The van der Waals surface area contributed by atoms with Crippen molar-refractivity contribution in [3.8, 4) is 17.3 Å². The number of anilines is 1. The second-order valence-electron chi connectivity index (χ2n) is 7.35. The Morgan fingerprint density at radius 1 is 1.41 bits per heavy atom. The van der Waals surface area contributed by atoms with Crippen LogP contribution in [0.25, 0.3) is 11.1 Å². The van der Waals surface area contributed by atoms with Gasteiger partial charge in [0.1, 0.15) is 5.82 Å². The molecule has 1 fully saturated rings. The van der Waals surface area contributed by atoms with Gasteiger partial charge in [-0.05, 0) is 48.9 Å². The maximum absolute atomic E-state index is 15.2. The summed E-state index contributed by atoms with van der Waals surface area (Å²) in [6.45, 7) is 3.28. The number of hydrogen-bond donors (Lipinski definition) is 2. The number of carbonyl (C=O) groups excluding carboxylic acids is 1. The lowest BCUT2D eigenvalue weighted by atomic mass is 9.95. The minimum absolute atomic E-state index is 0.00601. The van der Waals surface area contributed by atoms with E-state index in [2.05, 4.69) is 11.4 Å². The van der Waals surface area contributed by atoms with E-state index in [0.717, 1.165) is 40.7 Å². The summed E-state index contributed by atoms with van der Waals surface area (Å²) in [5.74, 6) is -1.04. The number of primary amides is 1. The number of fused-ring (bicyclic) bond motifs is 3. The molecule has 0 saturated carbocycles. The van der Waals surface area contributed by atoms with Gasteiger partial charge in [-0.2, -0.15) is 5.26 Å². The van der Waals surface area contributed by atoms with Gasteiger partial charge in [0, 0.05) is 24.2 Å². The zero-order chi connectivity index (χ0) is 19.1. The number of aryl methyl sites for hydroxylation is 1. The van der Waals surface area contributed by atoms with E-state index in [1.807, 2.05) is 30.1 Å². The first-order chi connectivity index (χ1) is 13.0. The third-order valence-corrected chi connectivity index (χ3v) is 5.53. The molecule has 1 atom stereocenters. The molecule has 27 heavy (non-hydrogen) atoms. The van der Waals surface area contributed by atoms with Crippen LogP contribution in [0.15, 0.2) is 24.3 Å². The topological polar surface area (TPSA) is 82.2 Å². The molecule has 6 heteroatoms. The van der Waals surface area contributed by atoms with Gasteiger partial charge in [-0.25, -0.2) is 4.39 Å². The number of hydrogen-bond acceptors (Lipinski definition) is 4. The lowest BCUT2D eigenvalue weighted by Gasteiger charge is -2.35. The largest absolute Gasteiger partial charge is 0.367 e. The van der Waals surface area contributed by atoms with Gasteiger partial charge in [0.05, 0.1) is 11.7 Å². The standard InChI is InChI=1S/C21H21FN4O/c1-12-4-5-15-13(7-12)8-16-17(21(24)27)9-18(22)20(19(15)16)26-6-2-3-14(10-26)25-11-23/h4-5,7,9,14,25H,2-3,6,8,10H2,1H3,(H2,24,27)/t14-/m0/s1. The number of nitrogens with two attached hydrogens (primary N) is 1. The van der Waals surface area contributed by atoms with Crippen LogP contribution >= 0.6 is 0 Å². The van der Waals surface area contributed by atoms with Gasteiger partial charge < -0.3 is 16.0 Å². The normalized spacial score (nSPS) is 17.8. The number of nitrogens with one attached hydrogen (secondary N) is 1. The van der Waals surface area contributed by atoms with Crippen LogP contribution < -0.4 is 16.0 Å². The van der Waals surface area contributed by atoms with Crippen molar-refractivity contribution in [2.75, 3.05) is 18.0 Å². The van der Waals surface area contributed by atoms with Gasteiger partial charge >= 0.3 is 0 Å². The van der Waals surface area contributed by atoms with E-state index in [9.17, 15) is 4.79 Å². The average Bonchev–Trinajstić information content (AvgIpc) is 2.99. The smallest absolute Gasteiger partial charge is 0.249 e. The zero-order valence-electron chi connectivity index (χ0n) is 15.2. The first-order valence-electron chi connectivity index (χ1n) is 9.14. The molecule has 1 aliphatic carbocycles. The molecular weight excluding hydrogens is 343 g/mol. The van der Waals surface area contributed by atoms with Crippen molar-refractivity contribution in [2.24, 2.45) is 5.73 Å². The number of piperidine rings is 1. The molecule has 5 nitrogen and oxygen atoms in total. The third-order valence-electron chi connectivity index (χ3n) is 5.53. The molecule has 2 aromatic carbocycles. The highest BCUT2D eigenvalue weighted by Crippen LogP contribution is 2.46. The molecular formula is C21H21FN4O. The number of nitrogens with zero attached hydrogens (tertiary/aromatic N) is 2. The molecule has 2 aromatic rings. The molecule has 1 amide bonds. The summed E-state index contributed by atoms with van der Waals surface area (Å²) in [6, 6.07) is 7.35. The van der Waals surface area contributed by atoms with Crippen LogP contribution in [0.5, 0.6) is 0 Å². The molecule has 0 unspecified atom stereocenters. The van der Waals surface area contributed by atoms with E-state index in [1.165, 1.54) is 6.07 Å². The Morgan fingerprint density at radius 3 is 2.96 bits per heavy atom. The molecule has 138 valence electrons. The van der Waals surface area contributed by atoms with Crippen molar-refractivity contribution in [1.29, 1.82) is 5.26 Å². The predicted molar refractivity (Wildman–Crippen MR) is 102 cm³/mol. The first-order valence-corrected chi connectivity index (χ1v) is 9.14. The van der Waals surface area contributed by atoms with Crippen molar-refractivity contribution in [1.82, 2.24) is 5.32 Å². The van der Waals surface area contributed by atoms with Crippen LogP contribution in [-0.4, -0.2) is 25.0 Å². The Kier molecular flexibility index (Phi) is 4.23. The number of rotatable bonds is 3. The van der Waals surface area contributed by atoms with Crippen LogP contribution in [0.4, 0.5) is 10.1 Å². The average molecular weight is 364 g/mol. The van der Waals surface area contributed by atoms with Crippen LogP contribution in [0.1, 0.15) is 39.9 Å². The molecule has 1 saturated heterocycles. The fourth-order valence-electron chi connectivity index (χ4n) is 4.37. The molecule has 0 aromatic heterocycles. The number of nitriles is 1. The molecule has 1 heterocycles. The van der Waals surface area contributed by atoms with E-state index >= 15 is 4.39 Å². The van der Waals surface area contributed by atoms with Crippen molar-refractivity contribution in [3.05, 3.63) is 52.3 Å². The minimum atomic E-state index is -0.608. The summed E-state index contributed by atoms with van der Waals surface area (Å²) < 4.78 is 15.2. The molecule has 4 rings (SSSR count). The van der Waals surface area contributed by atoms with Gasteiger partial charge in [-0.3, -0.25) is 4.79 Å². The quantitative estimate of drug-likeness (QED) is 0.553. The predicted octanol–water partition coefficient (Wildman–Crippen LogP) is 2.84. The van der Waals surface area contributed by atoms with E-state index in [1.54, 1.807) is 0 Å². The van der Waals surface area contributed by atoms with E-state index in [0.29, 0.717) is 25.2 Å². The summed E-state index contributed by atoms with van der Waals surface area (Å²) in [7, 11) is 0. The summed E-state index contributed by atoms with van der Waals surface area (Å²) in [5, 5.41) is 11.7. The monoisotopic (exact) mass is 364 g/mol. The fourth-order valence-corrected chi connectivity index (χ4v) is 4.37. The van der Waals surface area contributed by atoms with Gasteiger partial charge in [0.25, 0.3) is 0 Å². The van der Waals surface area contributed by atoms with Gasteiger partial charge in [0.2, 0.25) is 5.91 Å². The Bertz CT molecular complexity index is 979. The lowest BCUT2D eigenvalue weighted by molar-refractivity contribution is 0.0999. The van der Waals surface area contributed by atoms with E-state index in [-0.39, 0.29) is 11.6 Å². The molecule has 1 aliphatic heterocycles. The fraction of sp³-hybridized carbons (Fsp3) is 0.333. The number of amides is 1. The van der Waals surface area contributed by atoms with E-state index < -0.39 is 11.7 Å². The molecule has 2 aliphatic rings. The van der Waals surface area contributed by atoms with E-state index in [4.69, 9.17) is 11.0 Å². The van der Waals surface area contributed by atoms with Crippen LogP contribution in [0.3, 0.4) is 0 Å². The summed E-state index contributed by atoms with van der Waals surface area (Å²) in [6.07, 6.45) is 4.31. The Morgan fingerprint density at radius 2 is 2.22 bits per heavy atom. The Balaban J connectivity index is 1.89. The van der Waals surface area contributed by atoms with Crippen LogP contribution in [-0.2, 0) is 6.42 Å². The maximum Gasteiger partial charge on any atom is 0.249 e. The number of benzene rings is 2. The van der Waals surface area contributed by atoms with Gasteiger partial charge in [-0.15, -0.1) is 0 Å². The SMILES string of the molecule is Cc1ccc2c(c1)Cc1c(C(N)=O)cc(F)c(N3CCC[C@H](NC#N)C3)c1-2. The molecule has 0 radical (unpaired) electrons. The second-order valence-corrected chi connectivity index (χ2v) is 7.35. The summed E-state index contributed by atoms with van der Waals surface area (Å²) in [4.78, 5) is 13.9. The Hall–Kier alpha value is -3.07. The molecule has 3 N–H and O–H groups in total. The van der Waals surface area contributed by atoms with Crippen molar-refractivity contribution in [3.63, 3.8) is 0 Å². The molecule has 0 bridgehead atoms. The van der Waals surface area contributed by atoms with Gasteiger partial charge in [-0.1, -0.05) is 23.8 Å². The maximum atomic E-state index is 15.2. The highest BCUT2D eigenvalue weighted by atomic mass is 19.1. The highest BCUT2D eigenvalue weighted by molar-refractivity contribution is 6.01. The van der Waals surface area contributed by atoms with Crippen molar-refractivity contribution >= 4 is 11.6 Å². The Labute approximate surface area is 157 Å². The zero-order valence-corrected chi connectivity index (χ0v) is 15.2. The molecule has 0 spiro atoms. The number of carbonyl (C=O) groups is 1. The first kappa shape index (κ1) is 17.3. The second kappa shape index (κ2) is 6.58. The third kappa shape index (κ3) is 2.89. The van der Waals surface area contributed by atoms with Crippen LogP contribution in [0.2, 0.25) is 0 Å². The van der Waals surface area contributed by atoms with Crippen LogP contribution in [0, 0.1) is 24.2 Å². The summed E-state index contributed by atoms with van der Waals surface area (Å²) in [5.41, 5.74) is 11.1. The lowest BCUT2D eigenvalue weighted by Crippen LogP contribution is -2.44. The number of halogens is 1. The van der Waals surface area contributed by atoms with Crippen molar-refractivity contribution in [2.45, 2.75) is 32.2 Å². The highest BCUT2D eigenvalue weighted by Gasteiger charge is 2.32. The van der Waals surface area contributed by atoms with Gasteiger partial charge in [0.15, 0.2) is 6.19 Å². The van der Waals surface area contributed by atoms with Crippen molar-refractivity contribution < 1.29 is 9.18 Å².